The summed E-state index contributed by atoms with van der Waals surface area (Å²) in [7, 11) is 0. The van der Waals surface area contributed by atoms with Crippen LogP contribution in [-0.4, -0.2) is 28.5 Å². The average Bonchev–Trinajstić information content (AvgIpc) is 2.70. The lowest BCUT2D eigenvalue weighted by molar-refractivity contribution is 0.0783. The molecule has 0 aromatic carbocycles. The Hall–Kier alpha value is -1.72. The van der Waals surface area contributed by atoms with Crippen LogP contribution in [0.4, 0.5) is 0 Å². The fourth-order valence-electron chi connectivity index (χ4n) is 1.60. The van der Waals surface area contributed by atoms with Crippen LogP contribution in [0.15, 0.2) is 16.7 Å². The van der Waals surface area contributed by atoms with E-state index in [1.807, 2.05) is 30.7 Å². The number of terminal acetylenes is 1. The van der Waals surface area contributed by atoms with Crippen LogP contribution in [-0.2, 0) is 0 Å². The van der Waals surface area contributed by atoms with Crippen molar-refractivity contribution in [3.8, 4) is 18.4 Å². The van der Waals surface area contributed by atoms with Gasteiger partial charge in [0, 0.05) is 16.7 Å². The Morgan fingerprint density at radius 1 is 1.61 bits per heavy atom. The molecule has 1 aromatic heterocycles. The van der Waals surface area contributed by atoms with Gasteiger partial charge < -0.3 is 9.47 Å². The van der Waals surface area contributed by atoms with E-state index in [2.05, 4.69) is 21.9 Å². The van der Waals surface area contributed by atoms with Crippen molar-refractivity contribution in [3.63, 3.8) is 0 Å². The van der Waals surface area contributed by atoms with Crippen molar-refractivity contribution in [2.24, 2.45) is 0 Å². The van der Waals surface area contributed by atoms with Gasteiger partial charge in [-0.15, -0.1) is 6.42 Å². The van der Waals surface area contributed by atoms with Gasteiger partial charge >= 0.3 is 0 Å². The number of carbonyl (C=O) groups excluding carboxylic acids is 1. The molecule has 0 aliphatic heterocycles. The Morgan fingerprint density at radius 2 is 2.28 bits per heavy atom. The smallest absolute Gasteiger partial charge is 0.272 e. The summed E-state index contributed by atoms with van der Waals surface area (Å²) in [5, 5.41) is 8.71. The standard InChI is InChI=1S/C13H14BrN3O/c1-4-6-16(7-5-15)13(18)12-8-11(14)9-17(12)10(2)3/h1,8-10H,6-7H2,2-3H3. The van der Waals surface area contributed by atoms with Crippen molar-refractivity contribution in [1.29, 1.82) is 5.26 Å². The van der Waals surface area contributed by atoms with Gasteiger partial charge in [0.15, 0.2) is 0 Å². The van der Waals surface area contributed by atoms with Gasteiger partial charge in [0.1, 0.15) is 12.2 Å². The minimum absolute atomic E-state index is 0.00999. The van der Waals surface area contributed by atoms with Gasteiger partial charge in [-0.25, -0.2) is 0 Å². The lowest BCUT2D eigenvalue weighted by Crippen LogP contribution is -2.33. The predicted octanol–water partition coefficient (Wildman–Crippen LogP) is 2.43. The van der Waals surface area contributed by atoms with E-state index in [0.717, 1.165) is 4.47 Å². The SMILES string of the molecule is C#CCN(CC#N)C(=O)c1cc(Br)cn1C(C)C. The molecule has 0 unspecified atom stereocenters. The van der Waals surface area contributed by atoms with E-state index in [1.165, 1.54) is 4.90 Å². The molecule has 0 fully saturated rings. The average molecular weight is 308 g/mol. The largest absolute Gasteiger partial charge is 0.340 e. The van der Waals surface area contributed by atoms with E-state index < -0.39 is 0 Å². The molecule has 0 atom stereocenters. The second kappa shape index (κ2) is 6.28. The van der Waals surface area contributed by atoms with Gasteiger partial charge in [-0.05, 0) is 35.8 Å². The van der Waals surface area contributed by atoms with Gasteiger partial charge in [0.05, 0.1) is 12.6 Å². The van der Waals surface area contributed by atoms with Crippen molar-refractivity contribution >= 4 is 21.8 Å². The fraction of sp³-hybridized carbons (Fsp3) is 0.385. The molecule has 0 saturated heterocycles. The number of halogens is 1. The van der Waals surface area contributed by atoms with E-state index in [0.29, 0.717) is 5.69 Å². The van der Waals surface area contributed by atoms with Gasteiger partial charge in [-0.1, -0.05) is 5.92 Å². The number of hydrogen-bond donors (Lipinski definition) is 0. The monoisotopic (exact) mass is 307 g/mol. The summed E-state index contributed by atoms with van der Waals surface area (Å²) in [6.07, 6.45) is 7.05. The fourth-order valence-corrected chi connectivity index (χ4v) is 2.04. The van der Waals surface area contributed by atoms with Crippen molar-refractivity contribution in [1.82, 2.24) is 9.47 Å². The quantitative estimate of drug-likeness (QED) is 0.633. The number of rotatable bonds is 4. The Bertz CT molecular complexity index is 503. The van der Waals surface area contributed by atoms with E-state index in [1.54, 1.807) is 6.07 Å². The minimum atomic E-state index is -0.228. The van der Waals surface area contributed by atoms with Crippen molar-refractivity contribution in [2.45, 2.75) is 19.9 Å². The van der Waals surface area contributed by atoms with E-state index in [4.69, 9.17) is 11.7 Å². The summed E-state index contributed by atoms with van der Waals surface area (Å²) in [5.74, 6) is 2.16. The maximum atomic E-state index is 12.3. The zero-order chi connectivity index (χ0) is 13.7. The summed E-state index contributed by atoms with van der Waals surface area (Å²) in [4.78, 5) is 13.6. The summed E-state index contributed by atoms with van der Waals surface area (Å²) in [5.41, 5.74) is 0.530. The molecule has 0 aliphatic carbocycles. The molecule has 0 radical (unpaired) electrons. The molecule has 18 heavy (non-hydrogen) atoms. The number of nitriles is 1. The Morgan fingerprint density at radius 3 is 2.78 bits per heavy atom. The molecule has 4 nitrogen and oxygen atoms in total. The third-order valence-electron chi connectivity index (χ3n) is 2.42. The summed E-state index contributed by atoms with van der Waals surface area (Å²) in [6, 6.07) is 3.84. The van der Waals surface area contributed by atoms with Crippen LogP contribution in [0, 0.1) is 23.7 Å². The third kappa shape index (κ3) is 3.15. The molecule has 0 saturated carbocycles. The number of carbonyl (C=O) groups is 1. The first kappa shape index (κ1) is 14.3. The summed E-state index contributed by atoms with van der Waals surface area (Å²) < 4.78 is 2.69. The second-order valence-electron chi connectivity index (χ2n) is 4.07. The van der Waals surface area contributed by atoms with Gasteiger partial charge in [-0.2, -0.15) is 5.26 Å². The van der Waals surface area contributed by atoms with E-state index >= 15 is 0 Å². The highest BCUT2D eigenvalue weighted by Gasteiger charge is 2.20. The van der Waals surface area contributed by atoms with Crippen molar-refractivity contribution < 1.29 is 4.79 Å². The summed E-state index contributed by atoms with van der Waals surface area (Å²) in [6.45, 7) is 4.09. The molecule has 0 spiro atoms. The lowest BCUT2D eigenvalue weighted by atomic mass is 10.3. The number of hydrogen-bond acceptors (Lipinski definition) is 2. The molecule has 1 aromatic rings. The first-order chi connectivity index (χ1) is 8.51. The molecule has 1 rings (SSSR count). The highest BCUT2D eigenvalue weighted by molar-refractivity contribution is 9.10. The van der Waals surface area contributed by atoms with Crippen LogP contribution < -0.4 is 0 Å². The molecule has 1 heterocycles. The van der Waals surface area contributed by atoms with Gasteiger partial charge in [-0.3, -0.25) is 4.79 Å². The van der Waals surface area contributed by atoms with Crippen LogP contribution >= 0.6 is 15.9 Å². The predicted molar refractivity (Wildman–Crippen MR) is 72.9 cm³/mol. The zero-order valence-corrected chi connectivity index (χ0v) is 11.9. The molecular weight excluding hydrogens is 294 g/mol. The Kier molecular flexibility index (Phi) is 5.00. The summed E-state index contributed by atoms with van der Waals surface area (Å²) >= 11 is 3.35. The number of aromatic nitrogens is 1. The Balaban J connectivity index is 3.09. The molecule has 1 amide bonds. The molecule has 5 heteroatoms. The maximum Gasteiger partial charge on any atom is 0.272 e. The van der Waals surface area contributed by atoms with Crippen molar-refractivity contribution in [2.75, 3.05) is 13.1 Å². The number of nitrogens with zero attached hydrogens (tertiary/aromatic N) is 3. The van der Waals surface area contributed by atoms with Crippen LogP contribution in [0.5, 0.6) is 0 Å². The topological polar surface area (TPSA) is 49.0 Å². The Labute approximate surface area is 115 Å². The van der Waals surface area contributed by atoms with Crippen LogP contribution in [0.1, 0.15) is 30.4 Å². The molecule has 0 N–H and O–H groups in total. The van der Waals surface area contributed by atoms with Crippen LogP contribution in [0.2, 0.25) is 0 Å². The van der Waals surface area contributed by atoms with Gasteiger partial charge in [0.25, 0.3) is 5.91 Å². The second-order valence-corrected chi connectivity index (χ2v) is 4.98. The minimum Gasteiger partial charge on any atom is -0.340 e. The number of amides is 1. The van der Waals surface area contributed by atoms with Crippen LogP contribution in [0.25, 0.3) is 0 Å². The zero-order valence-electron chi connectivity index (χ0n) is 10.4. The highest BCUT2D eigenvalue weighted by Crippen LogP contribution is 2.20. The third-order valence-corrected chi connectivity index (χ3v) is 2.86. The van der Waals surface area contributed by atoms with Gasteiger partial charge in [0.2, 0.25) is 0 Å². The van der Waals surface area contributed by atoms with Crippen molar-refractivity contribution in [3.05, 3.63) is 22.4 Å². The van der Waals surface area contributed by atoms with E-state index in [-0.39, 0.29) is 25.0 Å². The molecule has 0 bridgehead atoms. The first-order valence-electron chi connectivity index (χ1n) is 5.48. The van der Waals surface area contributed by atoms with Crippen LogP contribution in [0.3, 0.4) is 0 Å². The maximum absolute atomic E-state index is 12.3. The molecular formula is C13H14BrN3O. The normalized spacial score (nSPS) is 9.89. The van der Waals surface area contributed by atoms with E-state index in [9.17, 15) is 4.79 Å². The lowest BCUT2D eigenvalue weighted by Gasteiger charge is -2.19. The molecule has 94 valence electrons. The first-order valence-corrected chi connectivity index (χ1v) is 6.27. The highest BCUT2D eigenvalue weighted by atomic mass is 79.9. The molecule has 0 aliphatic rings.